The SMILES string of the molecule is CC#CCCC(=O)c1ccncc1. The summed E-state index contributed by atoms with van der Waals surface area (Å²) < 4.78 is 0. The Labute approximate surface area is 78.0 Å². The molecule has 66 valence electrons. The van der Waals surface area contributed by atoms with Crippen LogP contribution in [-0.4, -0.2) is 10.8 Å². The molecule has 0 fully saturated rings. The molecule has 1 heterocycles. The lowest BCUT2D eigenvalue weighted by molar-refractivity contribution is 0.0984. The third kappa shape index (κ3) is 3.08. The Morgan fingerprint density at radius 3 is 2.77 bits per heavy atom. The third-order valence-electron chi connectivity index (χ3n) is 1.66. The van der Waals surface area contributed by atoms with E-state index in [0.717, 1.165) is 0 Å². The number of aromatic nitrogens is 1. The molecular formula is C11H11NO. The fraction of sp³-hybridized carbons (Fsp3) is 0.273. The topological polar surface area (TPSA) is 30.0 Å². The van der Waals surface area contributed by atoms with E-state index in [9.17, 15) is 4.79 Å². The van der Waals surface area contributed by atoms with E-state index >= 15 is 0 Å². The van der Waals surface area contributed by atoms with Crippen molar-refractivity contribution in [3.63, 3.8) is 0 Å². The van der Waals surface area contributed by atoms with Gasteiger partial charge in [0.1, 0.15) is 0 Å². The van der Waals surface area contributed by atoms with Crippen molar-refractivity contribution in [1.82, 2.24) is 4.98 Å². The molecule has 13 heavy (non-hydrogen) atoms. The predicted octanol–water partition coefficient (Wildman–Crippen LogP) is 2.07. The highest BCUT2D eigenvalue weighted by molar-refractivity contribution is 5.95. The summed E-state index contributed by atoms with van der Waals surface area (Å²) in [7, 11) is 0. The highest BCUT2D eigenvalue weighted by Crippen LogP contribution is 2.02. The van der Waals surface area contributed by atoms with Gasteiger partial charge in [0.25, 0.3) is 0 Å². The van der Waals surface area contributed by atoms with Crippen LogP contribution in [0.4, 0.5) is 0 Å². The van der Waals surface area contributed by atoms with E-state index in [1.54, 1.807) is 31.5 Å². The smallest absolute Gasteiger partial charge is 0.163 e. The second-order valence-electron chi connectivity index (χ2n) is 2.59. The van der Waals surface area contributed by atoms with Crippen LogP contribution in [-0.2, 0) is 0 Å². The zero-order valence-corrected chi connectivity index (χ0v) is 7.58. The van der Waals surface area contributed by atoms with Gasteiger partial charge in [-0.05, 0) is 19.1 Å². The maximum Gasteiger partial charge on any atom is 0.163 e. The van der Waals surface area contributed by atoms with Crippen molar-refractivity contribution in [2.45, 2.75) is 19.8 Å². The van der Waals surface area contributed by atoms with Crippen LogP contribution in [0.3, 0.4) is 0 Å². The maximum absolute atomic E-state index is 11.4. The first kappa shape index (κ1) is 9.47. The van der Waals surface area contributed by atoms with Gasteiger partial charge in [0, 0.05) is 30.8 Å². The van der Waals surface area contributed by atoms with Gasteiger partial charge in [-0.15, -0.1) is 11.8 Å². The number of rotatable bonds is 3. The van der Waals surface area contributed by atoms with Gasteiger partial charge in [-0.25, -0.2) is 0 Å². The molecule has 0 bridgehead atoms. The Morgan fingerprint density at radius 2 is 2.15 bits per heavy atom. The molecule has 0 spiro atoms. The number of Topliss-reactive ketones (excluding diaryl/α,β-unsaturated/α-hetero) is 1. The molecule has 0 amide bonds. The van der Waals surface area contributed by atoms with Gasteiger partial charge in [-0.3, -0.25) is 9.78 Å². The van der Waals surface area contributed by atoms with Gasteiger partial charge >= 0.3 is 0 Å². The molecule has 1 aromatic rings. The molecule has 0 unspecified atom stereocenters. The molecular weight excluding hydrogens is 162 g/mol. The molecule has 0 saturated carbocycles. The Bertz CT molecular complexity index is 332. The Morgan fingerprint density at radius 1 is 1.46 bits per heavy atom. The number of carbonyl (C=O) groups excluding carboxylic acids is 1. The summed E-state index contributed by atoms with van der Waals surface area (Å²) in [6.07, 6.45) is 4.37. The summed E-state index contributed by atoms with van der Waals surface area (Å²) in [5.74, 6) is 5.75. The molecule has 2 heteroatoms. The lowest BCUT2D eigenvalue weighted by atomic mass is 10.1. The lowest BCUT2D eigenvalue weighted by Crippen LogP contribution is -1.97. The minimum Gasteiger partial charge on any atom is -0.294 e. The first-order valence-corrected chi connectivity index (χ1v) is 4.17. The summed E-state index contributed by atoms with van der Waals surface area (Å²) in [5.41, 5.74) is 0.716. The molecule has 1 aromatic heterocycles. The molecule has 0 N–H and O–H groups in total. The fourth-order valence-electron chi connectivity index (χ4n) is 0.983. The summed E-state index contributed by atoms with van der Waals surface area (Å²) in [6, 6.07) is 3.45. The van der Waals surface area contributed by atoms with Crippen molar-refractivity contribution in [3.05, 3.63) is 30.1 Å². The highest BCUT2D eigenvalue weighted by Gasteiger charge is 2.02. The van der Waals surface area contributed by atoms with E-state index < -0.39 is 0 Å². The predicted molar refractivity (Wildman–Crippen MR) is 51.3 cm³/mol. The molecule has 0 aliphatic heterocycles. The monoisotopic (exact) mass is 173 g/mol. The maximum atomic E-state index is 11.4. The van der Waals surface area contributed by atoms with Gasteiger partial charge in [0.2, 0.25) is 0 Å². The van der Waals surface area contributed by atoms with Crippen molar-refractivity contribution in [2.24, 2.45) is 0 Å². The number of carbonyl (C=O) groups is 1. The van der Waals surface area contributed by atoms with Crippen LogP contribution in [0.2, 0.25) is 0 Å². The van der Waals surface area contributed by atoms with Gasteiger partial charge in [0.05, 0.1) is 0 Å². The van der Waals surface area contributed by atoms with E-state index in [1.165, 1.54) is 0 Å². The quantitative estimate of drug-likeness (QED) is 0.517. The molecule has 0 aliphatic rings. The summed E-state index contributed by atoms with van der Waals surface area (Å²) >= 11 is 0. The van der Waals surface area contributed by atoms with Crippen LogP contribution in [0.25, 0.3) is 0 Å². The molecule has 1 rings (SSSR count). The first-order chi connectivity index (χ1) is 6.34. The van der Waals surface area contributed by atoms with Crippen molar-refractivity contribution in [1.29, 1.82) is 0 Å². The Kier molecular flexibility index (Phi) is 3.72. The molecule has 0 radical (unpaired) electrons. The third-order valence-corrected chi connectivity index (χ3v) is 1.66. The van der Waals surface area contributed by atoms with Gasteiger partial charge in [0.15, 0.2) is 5.78 Å². The van der Waals surface area contributed by atoms with Crippen molar-refractivity contribution in [2.75, 3.05) is 0 Å². The number of pyridine rings is 1. The van der Waals surface area contributed by atoms with Gasteiger partial charge < -0.3 is 0 Å². The van der Waals surface area contributed by atoms with Crippen molar-refractivity contribution >= 4 is 5.78 Å². The van der Waals surface area contributed by atoms with E-state index in [1.807, 2.05) is 0 Å². The minimum atomic E-state index is 0.130. The lowest BCUT2D eigenvalue weighted by Gasteiger charge is -1.95. The molecule has 0 aromatic carbocycles. The summed E-state index contributed by atoms with van der Waals surface area (Å²) in [5, 5.41) is 0. The molecule has 0 saturated heterocycles. The van der Waals surface area contributed by atoms with E-state index in [0.29, 0.717) is 18.4 Å². The number of hydrogen-bond donors (Lipinski definition) is 0. The minimum absolute atomic E-state index is 0.130. The van der Waals surface area contributed by atoms with Gasteiger partial charge in [-0.2, -0.15) is 0 Å². The zero-order valence-electron chi connectivity index (χ0n) is 7.58. The molecule has 0 aliphatic carbocycles. The number of ketones is 1. The van der Waals surface area contributed by atoms with Gasteiger partial charge in [-0.1, -0.05) is 0 Å². The van der Waals surface area contributed by atoms with Crippen LogP contribution in [0.15, 0.2) is 24.5 Å². The van der Waals surface area contributed by atoms with Crippen LogP contribution >= 0.6 is 0 Å². The van der Waals surface area contributed by atoms with Crippen LogP contribution < -0.4 is 0 Å². The highest BCUT2D eigenvalue weighted by atomic mass is 16.1. The normalized spacial score (nSPS) is 8.69. The fourth-order valence-corrected chi connectivity index (χ4v) is 0.983. The zero-order chi connectivity index (χ0) is 9.52. The second-order valence-corrected chi connectivity index (χ2v) is 2.59. The second kappa shape index (κ2) is 5.10. The average Bonchev–Trinajstić information content (AvgIpc) is 2.19. The van der Waals surface area contributed by atoms with E-state index in [2.05, 4.69) is 16.8 Å². The largest absolute Gasteiger partial charge is 0.294 e. The van der Waals surface area contributed by atoms with Crippen LogP contribution in [0, 0.1) is 11.8 Å². The Hall–Kier alpha value is -1.62. The Balaban J connectivity index is 2.53. The molecule has 0 atom stereocenters. The number of nitrogens with zero attached hydrogens (tertiary/aromatic N) is 1. The summed E-state index contributed by atoms with van der Waals surface area (Å²) in [6.45, 7) is 1.77. The van der Waals surface area contributed by atoms with Crippen LogP contribution in [0.1, 0.15) is 30.1 Å². The standard InChI is InChI=1S/C11H11NO/c1-2-3-4-5-11(13)10-6-8-12-9-7-10/h6-9H,4-5H2,1H3. The number of hydrogen-bond acceptors (Lipinski definition) is 2. The van der Waals surface area contributed by atoms with E-state index in [-0.39, 0.29) is 5.78 Å². The summed E-state index contributed by atoms with van der Waals surface area (Å²) in [4.78, 5) is 15.3. The average molecular weight is 173 g/mol. The van der Waals surface area contributed by atoms with Crippen molar-refractivity contribution in [3.8, 4) is 11.8 Å². The van der Waals surface area contributed by atoms with Crippen LogP contribution in [0.5, 0.6) is 0 Å². The van der Waals surface area contributed by atoms with E-state index in [4.69, 9.17) is 0 Å². The van der Waals surface area contributed by atoms with Crippen molar-refractivity contribution < 1.29 is 4.79 Å². The first-order valence-electron chi connectivity index (χ1n) is 4.17. The molecule has 2 nitrogen and oxygen atoms in total.